The number of nitrogens with two attached hydrogens (primary N) is 1. The van der Waals surface area contributed by atoms with Crippen LogP contribution in [0.15, 0.2) is 24.3 Å². The fraction of sp³-hybridized carbons (Fsp3) is 0.364. The zero-order valence-electron chi connectivity index (χ0n) is 8.49. The van der Waals surface area contributed by atoms with Gasteiger partial charge in [-0.05, 0) is 25.0 Å². The van der Waals surface area contributed by atoms with Crippen LogP contribution in [0.2, 0.25) is 0 Å². The van der Waals surface area contributed by atoms with Gasteiger partial charge in [-0.3, -0.25) is 4.79 Å². The number of amides is 1. The Morgan fingerprint density at radius 1 is 1.50 bits per heavy atom. The van der Waals surface area contributed by atoms with Gasteiger partial charge in [-0.1, -0.05) is 25.1 Å². The van der Waals surface area contributed by atoms with E-state index in [4.69, 9.17) is 10.5 Å². The number of primary amides is 1. The highest BCUT2D eigenvalue weighted by atomic mass is 16.5. The Labute approximate surface area is 83.9 Å². The van der Waals surface area contributed by atoms with Gasteiger partial charge in [-0.15, -0.1) is 0 Å². The number of aryl methyl sites for hydroxylation is 1. The van der Waals surface area contributed by atoms with E-state index in [0.29, 0.717) is 6.42 Å². The molecule has 1 atom stereocenters. The predicted molar refractivity (Wildman–Crippen MR) is 55.1 cm³/mol. The van der Waals surface area contributed by atoms with E-state index in [9.17, 15) is 4.79 Å². The van der Waals surface area contributed by atoms with E-state index in [1.54, 1.807) is 0 Å². The lowest BCUT2D eigenvalue weighted by Gasteiger charge is -2.15. The number of carbonyl (C=O) groups is 1. The van der Waals surface area contributed by atoms with Gasteiger partial charge in [0.25, 0.3) is 5.91 Å². The van der Waals surface area contributed by atoms with Crippen LogP contribution in [0.3, 0.4) is 0 Å². The van der Waals surface area contributed by atoms with Crippen LogP contribution >= 0.6 is 0 Å². The molecule has 0 radical (unpaired) electrons. The van der Waals surface area contributed by atoms with Crippen LogP contribution < -0.4 is 10.5 Å². The number of hydrogen-bond acceptors (Lipinski definition) is 2. The monoisotopic (exact) mass is 193 g/mol. The van der Waals surface area contributed by atoms with Crippen molar-refractivity contribution in [3.05, 3.63) is 29.8 Å². The molecule has 0 heterocycles. The average molecular weight is 193 g/mol. The molecule has 0 bridgehead atoms. The lowest BCUT2D eigenvalue weighted by atomic mass is 10.2. The van der Waals surface area contributed by atoms with Crippen molar-refractivity contribution in [3.8, 4) is 5.75 Å². The Balaban J connectivity index is 2.77. The summed E-state index contributed by atoms with van der Waals surface area (Å²) in [6, 6.07) is 7.56. The zero-order chi connectivity index (χ0) is 10.6. The number of benzene rings is 1. The molecule has 0 aromatic heterocycles. The minimum atomic E-state index is -0.531. The minimum Gasteiger partial charge on any atom is -0.480 e. The highest BCUT2D eigenvalue weighted by Crippen LogP contribution is 2.18. The molecule has 0 fully saturated rings. The second-order valence-electron chi connectivity index (χ2n) is 3.18. The fourth-order valence-electron chi connectivity index (χ4n) is 1.18. The summed E-state index contributed by atoms with van der Waals surface area (Å²) in [5, 5.41) is 0. The molecule has 14 heavy (non-hydrogen) atoms. The van der Waals surface area contributed by atoms with Gasteiger partial charge in [-0.2, -0.15) is 0 Å². The number of carbonyl (C=O) groups excluding carboxylic acids is 1. The SMILES string of the molecule is CC[C@@H](Oc1ccccc1C)C(N)=O. The van der Waals surface area contributed by atoms with E-state index in [2.05, 4.69) is 0 Å². The maximum Gasteiger partial charge on any atom is 0.258 e. The maximum absolute atomic E-state index is 10.9. The van der Waals surface area contributed by atoms with Crippen molar-refractivity contribution in [2.75, 3.05) is 0 Å². The van der Waals surface area contributed by atoms with E-state index >= 15 is 0 Å². The van der Waals surface area contributed by atoms with E-state index in [1.807, 2.05) is 38.1 Å². The average Bonchev–Trinajstić information content (AvgIpc) is 2.16. The lowest BCUT2D eigenvalue weighted by Crippen LogP contribution is -2.33. The van der Waals surface area contributed by atoms with Crippen molar-refractivity contribution in [3.63, 3.8) is 0 Å². The molecule has 0 saturated heterocycles. The highest BCUT2D eigenvalue weighted by molar-refractivity contribution is 5.79. The Bertz CT molecular complexity index is 323. The van der Waals surface area contributed by atoms with Gasteiger partial charge in [0.05, 0.1) is 0 Å². The van der Waals surface area contributed by atoms with Crippen molar-refractivity contribution < 1.29 is 9.53 Å². The van der Waals surface area contributed by atoms with E-state index in [-0.39, 0.29) is 0 Å². The summed E-state index contributed by atoms with van der Waals surface area (Å²) in [5.74, 6) is 0.300. The highest BCUT2D eigenvalue weighted by Gasteiger charge is 2.14. The largest absolute Gasteiger partial charge is 0.480 e. The van der Waals surface area contributed by atoms with Gasteiger partial charge in [0.1, 0.15) is 5.75 Å². The van der Waals surface area contributed by atoms with Crippen LogP contribution in [0.5, 0.6) is 5.75 Å². The topological polar surface area (TPSA) is 52.3 Å². The van der Waals surface area contributed by atoms with Crippen molar-refractivity contribution in [1.29, 1.82) is 0 Å². The molecule has 0 aliphatic heterocycles. The second kappa shape index (κ2) is 4.65. The summed E-state index contributed by atoms with van der Waals surface area (Å²) >= 11 is 0. The Morgan fingerprint density at radius 3 is 2.64 bits per heavy atom. The smallest absolute Gasteiger partial charge is 0.258 e. The molecule has 3 nitrogen and oxygen atoms in total. The molecule has 76 valence electrons. The molecule has 0 unspecified atom stereocenters. The predicted octanol–water partition coefficient (Wildman–Crippen LogP) is 1.64. The van der Waals surface area contributed by atoms with E-state index in [0.717, 1.165) is 11.3 Å². The summed E-state index contributed by atoms with van der Waals surface area (Å²) < 4.78 is 5.48. The van der Waals surface area contributed by atoms with Gasteiger partial charge in [0, 0.05) is 0 Å². The van der Waals surface area contributed by atoms with E-state index < -0.39 is 12.0 Å². The maximum atomic E-state index is 10.9. The molecular weight excluding hydrogens is 178 g/mol. The number of ether oxygens (including phenoxy) is 1. The molecule has 3 heteroatoms. The van der Waals surface area contributed by atoms with Gasteiger partial charge in [-0.25, -0.2) is 0 Å². The lowest BCUT2D eigenvalue weighted by molar-refractivity contribution is -0.124. The van der Waals surface area contributed by atoms with Gasteiger partial charge in [0.15, 0.2) is 6.10 Å². The summed E-state index contributed by atoms with van der Waals surface area (Å²) in [6.45, 7) is 3.80. The summed E-state index contributed by atoms with van der Waals surface area (Å²) in [4.78, 5) is 10.9. The molecule has 1 amide bonds. The molecule has 2 N–H and O–H groups in total. The van der Waals surface area contributed by atoms with Crippen LogP contribution in [-0.4, -0.2) is 12.0 Å². The van der Waals surface area contributed by atoms with Crippen LogP contribution in [0.25, 0.3) is 0 Å². The van der Waals surface area contributed by atoms with Gasteiger partial charge in [0.2, 0.25) is 0 Å². The molecular formula is C11H15NO2. The first-order chi connectivity index (χ1) is 6.65. The summed E-state index contributed by atoms with van der Waals surface area (Å²) in [7, 11) is 0. The molecule has 1 aromatic carbocycles. The van der Waals surface area contributed by atoms with Crippen molar-refractivity contribution in [1.82, 2.24) is 0 Å². The number of rotatable bonds is 4. The molecule has 0 aliphatic carbocycles. The summed E-state index contributed by atoms with van der Waals surface area (Å²) in [5.41, 5.74) is 6.19. The Morgan fingerprint density at radius 2 is 2.14 bits per heavy atom. The first-order valence-electron chi connectivity index (χ1n) is 4.66. The minimum absolute atomic E-state index is 0.421. The van der Waals surface area contributed by atoms with Gasteiger partial charge < -0.3 is 10.5 Å². The van der Waals surface area contributed by atoms with Crippen molar-refractivity contribution in [2.45, 2.75) is 26.4 Å². The van der Waals surface area contributed by atoms with Gasteiger partial charge >= 0.3 is 0 Å². The van der Waals surface area contributed by atoms with Crippen LogP contribution in [0, 0.1) is 6.92 Å². The second-order valence-corrected chi connectivity index (χ2v) is 3.18. The fourth-order valence-corrected chi connectivity index (χ4v) is 1.18. The Kier molecular flexibility index (Phi) is 3.51. The van der Waals surface area contributed by atoms with Crippen molar-refractivity contribution in [2.24, 2.45) is 5.73 Å². The third-order valence-electron chi connectivity index (χ3n) is 2.05. The first-order valence-corrected chi connectivity index (χ1v) is 4.66. The van der Waals surface area contributed by atoms with Crippen LogP contribution in [-0.2, 0) is 4.79 Å². The first kappa shape index (κ1) is 10.6. The van der Waals surface area contributed by atoms with Crippen LogP contribution in [0.1, 0.15) is 18.9 Å². The number of para-hydroxylation sites is 1. The molecule has 0 spiro atoms. The molecule has 0 saturated carbocycles. The number of hydrogen-bond donors (Lipinski definition) is 1. The molecule has 0 aliphatic rings. The zero-order valence-corrected chi connectivity index (χ0v) is 8.49. The Hall–Kier alpha value is -1.51. The molecule has 1 rings (SSSR count). The third kappa shape index (κ3) is 2.49. The standard InChI is InChI=1S/C11H15NO2/c1-3-9(11(12)13)14-10-7-5-4-6-8(10)2/h4-7,9H,3H2,1-2H3,(H2,12,13)/t9-/m1/s1. The summed E-state index contributed by atoms with van der Waals surface area (Å²) in [6.07, 6.45) is 0.0556. The molecule has 1 aromatic rings. The normalized spacial score (nSPS) is 12.1. The van der Waals surface area contributed by atoms with Crippen molar-refractivity contribution >= 4 is 5.91 Å². The quantitative estimate of drug-likeness (QED) is 0.790. The van der Waals surface area contributed by atoms with E-state index in [1.165, 1.54) is 0 Å². The third-order valence-corrected chi connectivity index (χ3v) is 2.05. The van der Waals surface area contributed by atoms with Crippen LogP contribution in [0.4, 0.5) is 0 Å².